The molecule has 1 rings (SSSR count). The zero-order chi connectivity index (χ0) is 20.6. The van der Waals surface area contributed by atoms with E-state index in [0.29, 0.717) is 17.9 Å². The highest BCUT2D eigenvalue weighted by atomic mass is 32.2. The molecule has 0 spiro atoms. The SMILES string of the molecule is CCNC(=O)[C@@H](C)OC(=O)[C@@H](CCSC)NS(=O)(=O)c1cc(C)ccc1C. The smallest absolute Gasteiger partial charge is 0.324 e. The molecule has 2 atom stereocenters. The predicted octanol–water partition coefficient (Wildman–Crippen LogP) is 1.77. The summed E-state index contributed by atoms with van der Waals surface area (Å²) in [5.74, 6) is -0.631. The van der Waals surface area contributed by atoms with E-state index >= 15 is 0 Å². The second-order valence-corrected chi connectivity index (χ2v) is 8.87. The molecule has 0 radical (unpaired) electrons. The van der Waals surface area contributed by atoms with Crippen molar-refractivity contribution in [2.24, 2.45) is 0 Å². The molecule has 0 bridgehead atoms. The van der Waals surface area contributed by atoms with Gasteiger partial charge in [-0.3, -0.25) is 9.59 Å². The monoisotopic (exact) mass is 416 g/mol. The summed E-state index contributed by atoms with van der Waals surface area (Å²) in [7, 11) is -3.92. The Bertz CT molecular complexity index is 765. The molecule has 1 aromatic rings. The van der Waals surface area contributed by atoms with Gasteiger partial charge in [-0.1, -0.05) is 12.1 Å². The number of carbonyl (C=O) groups is 2. The van der Waals surface area contributed by atoms with Gasteiger partial charge in [0.25, 0.3) is 5.91 Å². The second-order valence-electron chi connectivity index (χ2n) is 6.20. The maximum absolute atomic E-state index is 12.8. The Morgan fingerprint density at radius 2 is 1.93 bits per heavy atom. The first-order valence-corrected chi connectivity index (χ1v) is 11.6. The van der Waals surface area contributed by atoms with Crippen LogP contribution in [0.5, 0.6) is 0 Å². The van der Waals surface area contributed by atoms with Crippen LogP contribution in [0.4, 0.5) is 0 Å². The average molecular weight is 417 g/mol. The molecule has 0 aliphatic rings. The van der Waals surface area contributed by atoms with Crippen LogP contribution < -0.4 is 10.0 Å². The van der Waals surface area contributed by atoms with E-state index in [-0.39, 0.29) is 11.3 Å². The van der Waals surface area contributed by atoms with Gasteiger partial charge in [0, 0.05) is 6.54 Å². The molecular formula is C18H28N2O5S2. The molecule has 0 aromatic heterocycles. The largest absolute Gasteiger partial charge is 0.451 e. The molecule has 1 aromatic carbocycles. The number of thioether (sulfide) groups is 1. The lowest BCUT2D eigenvalue weighted by Gasteiger charge is -2.20. The zero-order valence-corrected chi connectivity index (χ0v) is 18.0. The second kappa shape index (κ2) is 10.7. The van der Waals surface area contributed by atoms with Crippen LogP contribution in [0.2, 0.25) is 0 Å². The van der Waals surface area contributed by atoms with E-state index in [4.69, 9.17) is 4.74 Å². The Morgan fingerprint density at radius 3 is 2.52 bits per heavy atom. The molecule has 7 nitrogen and oxygen atoms in total. The van der Waals surface area contributed by atoms with Crippen molar-refractivity contribution in [3.63, 3.8) is 0 Å². The van der Waals surface area contributed by atoms with Gasteiger partial charge in [-0.15, -0.1) is 0 Å². The van der Waals surface area contributed by atoms with Gasteiger partial charge in [0.15, 0.2) is 6.10 Å². The van der Waals surface area contributed by atoms with E-state index in [1.807, 2.05) is 12.3 Å². The van der Waals surface area contributed by atoms with Crippen LogP contribution in [0.15, 0.2) is 23.1 Å². The van der Waals surface area contributed by atoms with Crippen molar-refractivity contribution in [3.05, 3.63) is 29.3 Å². The van der Waals surface area contributed by atoms with Gasteiger partial charge in [0.2, 0.25) is 10.0 Å². The summed E-state index contributed by atoms with van der Waals surface area (Å²) < 4.78 is 33.2. The van der Waals surface area contributed by atoms with E-state index in [2.05, 4.69) is 10.0 Å². The normalized spacial score (nSPS) is 13.7. The third kappa shape index (κ3) is 7.15. The summed E-state index contributed by atoms with van der Waals surface area (Å²) in [6, 6.07) is 4.03. The molecular weight excluding hydrogens is 388 g/mol. The minimum absolute atomic E-state index is 0.126. The number of aryl methyl sites for hydroxylation is 2. The quantitative estimate of drug-likeness (QED) is 0.564. The Labute approximate surface area is 165 Å². The van der Waals surface area contributed by atoms with Gasteiger partial charge in [-0.2, -0.15) is 16.5 Å². The van der Waals surface area contributed by atoms with Crippen LogP contribution in [0, 0.1) is 13.8 Å². The Balaban J connectivity index is 3.00. The molecule has 1 amide bonds. The van der Waals surface area contributed by atoms with Crippen molar-refractivity contribution < 1.29 is 22.7 Å². The first-order valence-electron chi connectivity index (χ1n) is 8.69. The third-order valence-electron chi connectivity index (χ3n) is 3.84. The van der Waals surface area contributed by atoms with Gasteiger partial charge in [-0.05, 0) is 63.3 Å². The van der Waals surface area contributed by atoms with Crippen LogP contribution in [0.25, 0.3) is 0 Å². The maximum Gasteiger partial charge on any atom is 0.324 e. The number of likely N-dealkylation sites (N-methyl/N-ethyl adjacent to an activating group) is 1. The Morgan fingerprint density at radius 1 is 1.26 bits per heavy atom. The fourth-order valence-electron chi connectivity index (χ4n) is 2.34. The van der Waals surface area contributed by atoms with Gasteiger partial charge < -0.3 is 10.1 Å². The number of sulfonamides is 1. The lowest BCUT2D eigenvalue weighted by Crippen LogP contribution is -2.45. The van der Waals surface area contributed by atoms with E-state index in [9.17, 15) is 18.0 Å². The minimum Gasteiger partial charge on any atom is -0.451 e. The molecule has 0 saturated carbocycles. The average Bonchev–Trinajstić information content (AvgIpc) is 2.60. The van der Waals surface area contributed by atoms with Crippen molar-refractivity contribution >= 4 is 33.7 Å². The van der Waals surface area contributed by atoms with Crippen molar-refractivity contribution in [2.75, 3.05) is 18.6 Å². The zero-order valence-electron chi connectivity index (χ0n) is 16.4. The first kappa shape index (κ1) is 23.5. The number of nitrogens with one attached hydrogen (secondary N) is 2. The van der Waals surface area contributed by atoms with E-state index in [1.54, 1.807) is 32.9 Å². The molecule has 2 N–H and O–H groups in total. The summed E-state index contributed by atoms with van der Waals surface area (Å²) in [6.45, 7) is 7.11. The first-order chi connectivity index (χ1) is 12.6. The minimum atomic E-state index is -3.92. The number of amides is 1. The fourth-order valence-corrected chi connectivity index (χ4v) is 4.36. The number of hydrogen-bond acceptors (Lipinski definition) is 6. The molecule has 152 valence electrons. The van der Waals surface area contributed by atoms with Gasteiger partial charge in [0.05, 0.1) is 4.90 Å². The van der Waals surface area contributed by atoms with Crippen LogP contribution in [-0.4, -0.2) is 51.0 Å². The summed E-state index contributed by atoms with van der Waals surface area (Å²) in [5, 5.41) is 2.56. The van der Waals surface area contributed by atoms with Crippen LogP contribution in [0.1, 0.15) is 31.4 Å². The lowest BCUT2D eigenvalue weighted by molar-refractivity contribution is -0.156. The number of benzene rings is 1. The number of esters is 1. The van der Waals surface area contributed by atoms with Crippen LogP contribution in [0.3, 0.4) is 0 Å². The highest BCUT2D eigenvalue weighted by molar-refractivity contribution is 7.98. The fraction of sp³-hybridized carbons (Fsp3) is 0.556. The van der Waals surface area contributed by atoms with Gasteiger partial charge in [-0.25, -0.2) is 8.42 Å². The predicted molar refractivity (Wildman–Crippen MR) is 107 cm³/mol. The van der Waals surface area contributed by atoms with E-state index in [1.165, 1.54) is 18.7 Å². The van der Waals surface area contributed by atoms with E-state index in [0.717, 1.165) is 5.56 Å². The summed E-state index contributed by atoms with van der Waals surface area (Å²) in [4.78, 5) is 24.4. The maximum atomic E-state index is 12.8. The van der Waals surface area contributed by atoms with Crippen molar-refractivity contribution in [1.82, 2.24) is 10.0 Å². The van der Waals surface area contributed by atoms with Gasteiger partial charge >= 0.3 is 5.97 Å². The lowest BCUT2D eigenvalue weighted by atomic mass is 10.2. The highest BCUT2D eigenvalue weighted by Gasteiger charge is 2.30. The molecule has 0 fully saturated rings. The summed E-state index contributed by atoms with van der Waals surface area (Å²) >= 11 is 1.49. The number of carbonyl (C=O) groups excluding carboxylic acids is 2. The van der Waals surface area contributed by atoms with Crippen molar-refractivity contribution in [3.8, 4) is 0 Å². The number of hydrogen-bond donors (Lipinski definition) is 2. The highest BCUT2D eigenvalue weighted by Crippen LogP contribution is 2.18. The van der Waals surface area contributed by atoms with E-state index < -0.39 is 34.0 Å². The summed E-state index contributed by atoms with van der Waals surface area (Å²) in [5.41, 5.74) is 1.38. The molecule has 0 unspecified atom stereocenters. The van der Waals surface area contributed by atoms with Crippen molar-refractivity contribution in [1.29, 1.82) is 0 Å². The van der Waals surface area contributed by atoms with Gasteiger partial charge in [0.1, 0.15) is 6.04 Å². The topological polar surface area (TPSA) is 102 Å². The third-order valence-corrected chi connectivity index (χ3v) is 6.10. The number of rotatable bonds is 10. The molecule has 0 aliphatic heterocycles. The molecule has 0 saturated heterocycles. The molecule has 0 heterocycles. The summed E-state index contributed by atoms with van der Waals surface area (Å²) in [6.07, 6.45) is 1.12. The van der Waals surface area contributed by atoms with Crippen molar-refractivity contribution in [2.45, 2.75) is 51.2 Å². The number of ether oxygens (including phenoxy) is 1. The Hall–Kier alpha value is -1.58. The molecule has 0 aliphatic carbocycles. The Kier molecular flexibility index (Phi) is 9.28. The van der Waals surface area contributed by atoms with Crippen LogP contribution in [-0.2, 0) is 24.3 Å². The molecule has 9 heteroatoms. The van der Waals surface area contributed by atoms with Crippen LogP contribution >= 0.6 is 11.8 Å². The standard InChI is InChI=1S/C18H28N2O5S2/c1-6-19-17(21)14(4)25-18(22)15(9-10-26-5)20-27(23,24)16-11-12(2)7-8-13(16)3/h7-8,11,14-15,20H,6,9-10H2,1-5H3,(H,19,21)/t14-,15-/m1/s1. The molecule has 27 heavy (non-hydrogen) atoms.